The Kier molecular flexibility index (Phi) is 45.3. The smallest absolute Gasteiger partial charge is 0.407 e. The van der Waals surface area contributed by atoms with Crippen LogP contribution in [0.1, 0.15) is 194 Å². The summed E-state index contributed by atoms with van der Waals surface area (Å²) in [7, 11) is 1.61. The lowest BCUT2D eigenvalue weighted by Crippen LogP contribution is -2.43. The third kappa shape index (κ3) is 44.7. The average Bonchev–Trinajstić information content (AvgIpc) is 3.21. The first-order chi connectivity index (χ1) is 28.5. The van der Waals surface area contributed by atoms with Gasteiger partial charge in [-0.2, -0.15) is 0 Å². The predicted molar refractivity (Wildman–Crippen MR) is 243 cm³/mol. The fourth-order valence-corrected chi connectivity index (χ4v) is 6.74. The van der Waals surface area contributed by atoms with Gasteiger partial charge >= 0.3 is 6.09 Å². The minimum Gasteiger partial charge on any atom is -0.447 e. The van der Waals surface area contributed by atoms with Crippen LogP contribution in [0.4, 0.5) is 4.79 Å². The Morgan fingerprint density at radius 2 is 0.810 bits per heavy atom. The number of nitrogens with zero attached hydrogens (tertiary/aromatic N) is 1. The first-order valence-corrected chi connectivity index (χ1v) is 24.1. The summed E-state index contributed by atoms with van der Waals surface area (Å²) in [6.45, 7) is 9.25. The predicted octanol–water partition coefficient (Wildman–Crippen LogP) is 11.0. The zero-order chi connectivity index (χ0) is 42.3. The summed E-state index contributed by atoms with van der Waals surface area (Å²) in [5.74, 6) is 0.167. The maximum Gasteiger partial charge on any atom is 0.407 e. The van der Waals surface area contributed by atoms with Crippen molar-refractivity contribution in [1.29, 1.82) is 0 Å². The maximum absolute atomic E-state index is 12.5. The van der Waals surface area contributed by atoms with Crippen molar-refractivity contribution in [2.24, 2.45) is 0 Å². The average molecular weight is 821 g/mol. The van der Waals surface area contributed by atoms with Gasteiger partial charge in [0.1, 0.15) is 6.61 Å². The Labute approximate surface area is 357 Å². The largest absolute Gasteiger partial charge is 0.447 e. The molecule has 0 radical (unpaired) electrons. The van der Waals surface area contributed by atoms with Crippen LogP contribution in [0.15, 0.2) is 24.3 Å². The Hall–Kier alpha value is -2.43. The van der Waals surface area contributed by atoms with Crippen LogP contribution in [0.25, 0.3) is 0 Å². The van der Waals surface area contributed by atoms with Gasteiger partial charge in [-0.1, -0.05) is 141 Å². The van der Waals surface area contributed by atoms with E-state index in [0.717, 1.165) is 38.5 Å². The van der Waals surface area contributed by atoms with Crippen molar-refractivity contribution in [3.05, 3.63) is 24.3 Å². The van der Waals surface area contributed by atoms with E-state index in [-0.39, 0.29) is 18.4 Å². The summed E-state index contributed by atoms with van der Waals surface area (Å²) in [6.07, 6.45) is 42.2. The topological polar surface area (TPSA) is 118 Å². The summed E-state index contributed by atoms with van der Waals surface area (Å²) >= 11 is 0. The van der Waals surface area contributed by atoms with Gasteiger partial charge < -0.3 is 30.2 Å². The summed E-state index contributed by atoms with van der Waals surface area (Å²) in [6, 6.07) is 0. The molecule has 0 atom stereocenters. The third-order valence-corrected chi connectivity index (χ3v) is 10.4. The molecule has 0 rings (SSSR count). The molecule has 10 heteroatoms. The Balaban J connectivity index is 4.23. The van der Waals surface area contributed by atoms with Gasteiger partial charge in [-0.05, 0) is 64.2 Å². The molecular formula is C48H92N4O6. The number of carbonyl (C=O) groups excluding carboxylic acids is 3. The maximum atomic E-state index is 12.5. The molecule has 0 saturated heterocycles. The molecule has 0 aromatic heterocycles. The summed E-state index contributed by atoms with van der Waals surface area (Å²) in [5, 5.41) is 8.92. The van der Waals surface area contributed by atoms with Gasteiger partial charge in [0, 0.05) is 59.2 Å². The molecule has 58 heavy (non-hydrogen) atoms. The second-order valence-corrected chi connectivity index (χ2v) is 15.9. The number of amides is 3. The lowest BCUT2D eigenvalue weighted by molar-refractivity contribution is -0.121. The van der Waals surface area contributed by atoms with Crippen molar-refractivity contribution >= 4 is 17.9 Å². The fourth-order valence-electron chi connectivity index (χ4n) is 6.74. The summed E-state index contributed by atoms with van der Waals surface area (Å²) < 4.78 is 15.5. The number of nitrogens with one attached hydrogen (secondary N) is 3. The van der Waals surface area contributed by atoms with E-state index in [9.17, 15) is 14.4 Å². The normalized spacial score (nSPS) is 11.6. The number of hydrogen-bond acceptors (Lipinski definition) is 7. The van der Waals surface area contributed by atoms with E-state index in [4.69, 9.17) is 14.2 Å². The molecule has 0 bridgehead atoms. The number of alkyl carbamates (subject to hydrolysis) is 1. The SMILES string of the molecule is CCCCCCCC/C=C\CCCCCCCC(=O)NCCN(CCNC(=O)CCCCCCC/C=C\CCCCCCCC)CCNC(=O)OCCOCCOC. The molecular weight excluding hydrogens is 729 g/mol. The molecule has 0 saturated carbocycles. The van der Waals surface area contributed by atoms with E-state index in [0.29, 0.717) is 71.9 Å². The molecule has 0 unspecified atom stereocenters. The monoisotopic (exact) mass is 821 g/mol. The van der Waals surface area contributed by atoms with E-state index in [1.54, 1.807) is 7.11 Å². The molecule has 0 aromatic carbocycles. The minimum atomic E-state index is -0.489. The van der Waals surface area contributed by atoms with E-state index < -0.39 is 6.09 Å². The Bertz CT molecular complexity index is 904. The van der Waals surface area contributed by atoms with Crippen molar-refractivity contribution in [3.8, 4) is 0 Å². The van der Waals surface area contributed by atoms with Gasteiger partial charge in [-0.3, -0.25) is 14.5 Å². The zero-order valence-corrected chi connectivity index (χ0v) is 38.1. The van der Waals surface area contributed by atoms with Crippen molar-refractivity contribution in [2.75, 3.05) is 72.8 Å². The number of carbonyl (C=O) groups is 3. The highest BCUT2D eigenvalue weighted by Gasteiger charge is 2.10. The molecule has 10 nitrogen and oxygen atoms in total. The molecule has 0 fully saturated rings. The first-order valence-electron chi connectivity index (χ1n) is 24.1. The number of ether oxygens (including phenoxy) is 3. The van der Waals surface area contributed by atoms with Crippen LogP contribution in [-0.2, 0) is 23.8 Å². The summed E-state index contributed by atoms with van der Waals surface area (Å²) in [4.78, 5) is 39.4. The molecule has 0 aliphatic heterocycles. The van der Waals surface area contributed by atoms with Crippen LogP contribution in [0, 0.1) is 0 Å². The van der Waals surface area contributed by atoms with Crippen molar-refractivity contribution < 1.29 is 28.6 Å². The highest BCUT2D eigenvalue weighted by atomic mass is 16.6. The highest BCUT2D eigenvalue weighted by Crippen LogP contribution is 2.12. The second kappa shape index (κ2) is 47.3. The van der Waals surface area contributed by atoms with Crippen LogP contribution in [0.5, 0.6) is 0 Å². The van der Waals surface area contributed by atoms with Gasteiger partial charge in [0.25, 0.3) is 0 Å². The van der Waals surface area contributed by atoms with Crippen LogP contribution in [0.2, 0.25) is 0 Å². The van der Waals surface area contributed by atoms with Crippen LogP contribution < -0.4 is 16.0 Å². The van der Waals surface area contributed by atoms with Gasteiger partial charge in [-0.25, -0.2) is 4.79 Å². The van der Waals surface area contributed by atoms with Gasteiger partial charge in [0.05, 0.1) is 19.8 Å². The van der Waals surface area contributed by atoms with E-state index in [2.05, 4.69) is 59.0 Å². The van der Waals surface area contributed by atoms with Crippen molar-refractivity contribution in [2.45, 2.75) is 194 Å². The standard InChI is InChI=1S/C48H92N4O6/c1-4-6-8-10-12-14-16-18-20-22-24-26-28-30-32-34-46(53)49-36-39-52(41-38-51-48(55)58-45-44-57-43-42-56-3)40-37-50-47(54)35-33-31-29-27-25-23-21-19-17-15-13-11-9-7-5-2/h18-21H,4-17,22-45H2,1-3H3,(H,49,53)(H,50,54)(H,51,55)/b20-18-,21-19-. The fraction of sp³-hybridized carbons (Fsp3) is 0.854. The van der Waals surface area contributed by atoms with Crippen LogP contribution >= 0.6 is 0 Å². The number of allylic oxidation sites excluding steroid dienone is 4. The van der Waals surface area contributed by atoms with E-state index in [1.807, 2.05) is 0 Å². The number of rotatable bonds is 45. The molecule has 0 aliphatic rings. The lowest BCUT2D eigenvalue weighted by atomic mass is 10.1. The first kappa shape index (κ1) is 55.6. The molecule has 0 heterocycles. The van der Waals surface area contributed by atoms with Crippen LogP contribution in [-0.4, -0.2) is 95.6 Å². The molecule has 0 aromatic rings. The lowest BCUT2D eigenvalue weighted by Gasteiger charge is -2.23. The quantitative estimate of drug-likeness (QED) is 0.0413. The highest BCUT2D eigenvalue weighted by molar-refractivity contribution is 5.76. The van der Waals surface area contributed by atoms with Crippen molar-refractivity contribution in [3.63, 3.8) is 0 Å². The number of methoxy groups -OCH3 is 1. The molecule has 340 valence electrons. The summed E-state index contributed by atoms with van der Waals surface area (Å²) in [5.41, 5.74) is 0. The molecule has 0 aliphatic carbocycles. The number of unbranched alkanes of at least 4 members (excludes halogenated alkanes) is 22. The van der Waals surface area contributed by atoms with Gasteiger partial charge in [0.15, 0.2) is 0 Å². The molecule has 3 amide bonds. The van der Waals surface area contributed by atoms with Crippen LogP contribution in [0.3, 0.4) is 0 Å². The van der Waals surface area contributed by atoms with Gasteiger partial charge in [-0.15, -0.1) is 0 Å². The second-order valence-electron chi connectivity index (χ2n) is 15.9. The zero-order valence-electron chi connectivity index (χ0n) is 38.1. The van der Waals surface area contributed by atoms with E-state index >= 15 is 0 Å². The minimum absolute atomic E-state index is 0.0836. The Morgan fingerprint density at radius 1 is 0.448 bits per heavy atom. The molecule has 0 spiro atoms. The van der Waals surface area contributed by atoms with Gasteiger partial charge in [0.2, 0.25) is 11.8 Å². The Morgan fingerprint density at radius 3 is 1.22 bits per heavy atom. The number of hydrogen-bond donors (Lipinski definition) is 3. The van der Waals surface area contributed by atoms with Crippen molar-refractivity contribution in [1.82, 2.24) is 20.9 Å². The van der Waals surface area contributed by atoms with E-state index in [1.165, 1.54) is 128 Å². The third-order valence-electron chi connectivity index (χ3n) is 10.4. The molecule has 3 N–H and O–H groups in total.